The van der Waals surface area contributed by atoms with Gasteiger partial charge in [0.15, 0.2) is 9.84 Å². The van der Waals surface area contributed by atoms with E-state index in [2.05, 4.69) is 10.0 Å². The molecule has 1 fully saturated rings. The van der Waals surface area contributed by atoms with Crippen LogP contribution in [0.4, 0.5) is 0 Å². The zero-order valence-electron chi connectivity index (χ0n) is 10.8. The molecule has 6 nitrogen and oxygen atoms in total. The van der Waals surface area contributed by atoms with Crippen molar-refractivity contribution >= 4 is 19.9 Å². The smallest absolute Gasteiger partial charge is 0.208 e. The quantitative estimate of drug-likeness (QED) is 0.617. The molecule has 1 saturated carbocycles. The summed E-state index contributed by atoms with van der Waals surface area (Å²) in [5.41, 5.74) is 0. The summed E-state index contributed by atoms with van der Waals surface area (Å²) in [6.45, 7) is 1.00. The van der Waals surface area contributed by atoms with Crippen molar-refractivity contribution in [3.63, 3.8) is 0 Å². The number of hydrogen-bond donors (Lipinski definition) is 2. The minimum absolute atomic E-state index is 0.0123. The number of nitrogens with one attached hydrogen (secondary N) is 2. The average molecular weight is 298 g/mol. The van der Waals surface area contributed by atoms with E-state index >= 15 is 0 Å². The molecule has 2 atom stereocenters. The zero-order chi connectivity index (χ0) is 13.8. The van der Waals surface area contributed by atoms with Gasteiger partial charge in [0.05, 0.1) is 11.5 Å². The lowest BCUT2D eigenvalue weighted by molar-refractivity contribution is 0.500. The fourth-order valence-corrected chi connectivity index (χ4v) is 4.24. The normalized spacial score (nSPS) is 25.4. The topological polar surface area (TPSA) is 92.3 Å². The summed E-state index contributed by atoms with van der Waals surface area (Å²) < 4.78 is 47.1. The molecule has 0 aromatic carbocycles. The van der Waals surface area contributed by atoms with Gasteiger partial charge in [0.1, 0.15) is 0 Å². The Kier molecular flexibility index (Phi) is 5.57. The van der Waals surface area contributed by atoms with Crippen LogP contribution in [0.2, 0.25) is 0 Å². The Bertz CT molecular complexity index is 458. The highest BCUT2D eigenvalue weighted by Gasteiger charge is 2.34. The minimum Gasteiger partial charge on any atom is -0.313 e. The van der Waals surface area contributed by atoms with Gasteiger partial charge in [0, 0.05) is 18.8 Å². The lowest BCUT2D eigenvalue weighted by atomic mass is 10.2. The van der Waals surface area contributed by atoms with Gasteiger partial charge in [-0.15, -0.1) is 0 Å². The van der Waals surface area contributed by atoms with Crippen LogP contribution in [0.3, 0.4) is 0 Å². The SMILES string of the molecule is CS(=O)(=O)NCCCNC1CCCC1S(C)(=O)=O. The second-order valence-electron chi connectivity index (χ2n) is 4.88. The van der Waals surface area contributed by atoms with E-state index in [1.165, 1.54) is 6.26 Å². The molecule has 18 heavy (non-hydrogen) atoms. The van der Waals surface area contributed by atoms with Crippen LogP contribution in [0.15, 0.2) is 0 Å². The Balaban J connectivity index is 2.27. The van der Waals surface area contributed by atoms with Gasteiger partial charge >= 0.3 is 0 Å². The predicted octanol–water partition coefficient (Wildman–Crippen LogP) is -0.519. The maximum atomic E-state index is 11.5. The van der Waals surface area contributed by atoms with Crippen LogP contribution < -0.4 is 10.0 Å². The summed E-state index contributed by atoms with van der Waals surface area (Å²) in [6, 6.07) is 0.0123. The third kappa shape index (κ3) is 5.64. The van der Waals surface area contributed by atoms with Gasteiger partial charge < -0.3 is 5.32 Å². The molecule has 0 radical (unpaired) electrons. The van der Waals surface area contributed by atoms with Gasteiger partial charge in [-0.2, -0.15) is 0 Å². The standard InChI is InChI=1S/C10H22N2O4S2/c1-17(13,14)10-6-3-5-9(10)11-7-4-8-12-18(2,15)16/h9-12H,3-8H2,1-2H3. The number of sulfone groups is 1. The van der Waals surface area contributed by atoms with Crippen LogP contribution in [-0.4, -0.2) is 53.7 Å². The van der Waals surface area contributed by atoms with E-state index in [4.69, 9.17) is 0 Å². The van der Waals surface area contributed by atoms with Gasteiger partial charge in [-0.05, 0) is 25.8 Å². The zero-order valence-corrected chi connectivity index (χ0v) is 12.5. The average Bonchev–Trinajstić information content (AvgIpc) is 2.62. The van der Waals surface area contributed by atoms with Crippen molar-refractivity contribution in [2.75, 3.05) is 25.6 Å². The molecule has 2 unspecified atom stereocenters. The summed E-state index contributed by atoms with van der Waals surface area (Å²) in [5, 5.41) is 2.92. The van der Waals surface area contributed by atoms with E-state index in [9.17, 15) is 16.8 Å². The van der Waals surface area contributed by atoms with Gasteiger partial charge in [0.25, 0.3) is 0 Å². The molecule has 0 saturated heterocycles. The first-order valence-corrected chi connectivity index (χ1v) is 9.91. The van der Waals surface area contributed by atoms with Gasteiger partial charge in [-0.25, -0.2) is 21.6 Å². The van der Waals surface area contributed by atoms with Crippen LogP contribution in [0.1, 0.15) is 25.7 Å². The largest absolute Gasteiger partial charge is 0.313 e. The Morgan fingerprint density at radius 2 is 1.72 bits per heavy atom. The molecule has 0 amide bonds. The van der Waals surface area contributed by atoms with E-state index in [-0.39, 0.29) is 11.3 Å². The molecule has 0 aromatic rings. The molecule has 0 heterocycles. The maximum Gasteiger partial charge on any atom is 0.208 e. The molecule has 108 valence electrons. The number of sulfonamides is 1. The molecule has 0 spiro atoms. The highest BCUT2D eigenvalue weighted by atomic mass is 32.2. The van der Waals surface area contributed by atoms with Crippen LogP contribution in [-0.2, 0) is 19.9 Å². The summed E-state index contributed by atoms with van der Waals surface area (Å²) in [7, 11) is -6.12. The van der Waals surface area contributed by atoms with Crippen molar-refractivity contribution < 1.29 is 16.8 Å². The van der Waals surface area contributed by atoms with Crippen molar-refractivity contribution in [1.82, 2.24) is 10.0 Å². The highest BCUT2D eigenvalue weighted by molar-refractivity contribution is 7.91. The second-order valence-corrected chi connectivity index (χ2v) is 8.98. The van der Waals surface area contributed by atoms with Gasteiger partial charge in [-0.1, -0.05) is 6.42 Å². The summed E-state index contributed by atoms with van der Waals surface area (Å²) in [6.07, 6.45) is 5.58. The van der Waals surface area contributed by atoms with Crippen LogP contribution in [0.5, 0.6) is 0 Å². The molecular formula is C10H22N2O4S2. The molecule has 1 aliphatic carbocycles. The fourth-order valence-electron chi connectivity index (χ4n) is 2.31. The third-order valence-electron chi connectivity index (χ3n) is 3.13. The van der Waals surface area contributed by atoms with Crippen molar-refractivity contribution in [1.29, 1.82) is 0 Å². The Morgan fingerprint density at radius 3 is 2.28 bits per heavy atom. The van der Waals surface area contributed by atoms with Crippen LogP contribution in [0, 0.1) is 0 Å². The number of hydrogen-bond acceptors (Lipinski definition) is 5. The molecule has 0 aromatic heterocycles. The first kappa shape index (κ1) is 15.9. The molecule has 8 heteroatoms. The number of rotatable bonds is 7. The lowest BCUT2D eigenvalue weighted by Gasteiger charge is -2.19. The minimum atomic E-state index is -3.13. The second kappa shape index (κ2) is 6.31. The van der Waals surface area contributed by atoms with E-state index in [1.807, 2.05) is 0 Å². The third-order valence-corrected chi connectivity index (χ3v) is 5.52. The molecular weight excluding hydrogens is 276 g/mol. The Hall–Kier alpha value is -0.180. The summed E-state index contributed by atoms with van der Waals surface area (Å²) in [5.74, 6) is 0. The van der Waals surface area contributed by atoms with E-state index in [0.717, 1.165) is 25.5 Å². The van der Waals surface area contributed by atoms with Crippen molar-refractivity contribution in [3.8, 4) is 0 Å². The lowest BCUT2D eigenvalue weighted by Crippen LogP contribution is -2.41. The first-order chi connectivity index (χ1) is 8.20. The monoisotopic (exact) mass is 298 g/mol. The van der Waals surface area contributed by atoms with Crippen molar-refractivity contribution in [2.24, 2.45) is 0 Å². The van der Waals surface area contributed by atoms with Gasteiger partial charge in [-0.3, -0.25) is 0 Å². The molecule has 2 N–H and O–H groups in total. The maximum absolute atomic E-state index is 11.5. The van der Waals surface area contributed by atoms with Crippen molar-refractivity contribution in [2.45, 2.75) is 37.0 Å². The fraction of sp³-hybridized carbons (Fsp3) is 1.00. The highest BCUT2D eigenvalue weighted by Crippen LogP contribution is 2.24. The Labute approximate surface area is 110 Å². The van der Waals surface area contributed by atoms with E-state index in [0.29, 0.717) is 19.5 Å². The van der Waals surface area contributed by atoms with Gasteiger partial charge in [0.2, 0.25) is 10.0 Å². The molecule has 1 rings (SSSR count). The Morgan fingerprint density at radius 1 is 1.06 bits per heavy atom. The van der Waals surface area contributed by atoms with E-state index < -0.39 is 19.9 Å². The first-order valence-electron chi connectivity index (χ1n) is 6.07. The summed E-state index contributed by atoms with van der Waals surface area (Å²) >= 11 is 0. The molecule has 0 aliphatic heterocycles. The van der Waals surface area contributed by atoms with E-state index in [1.54, 1.807) is 0 Å². The van der Waals surface area contributed by atoms with Crippen LogP contribution in [0.25, 0.3) is 0 Å². The van der Waals surface area contributed by atoms with Crippen molar-refractivity contribution in [3.05, 3.63) is 0 Å². The van der Waals surface area contributed by atoms with Crippen LogP contribution >= 0.6 is 0 Å². The predicted molar refractivity (Wildman–Crippen MR) is 71.7 cm³/mol. The molecule has 1 aliphatic rings. The molecule has 0 bridgehead atoms. The summed E-state index contributed by atoms with van der Waals surface area (Å²) in [4.78, 5) is 0.